The summed E-state index contributed by atoms with van der Waals surface area (Å²) in [4.78, 5) is 12.0. The number of nitrogens with one attached hydrogen (secondary N) is 2. The molecule has 0 aliphatic carbocycles. The Kier molecular flexibility index (Phi) is 5.56. The zero-order chi connectivity index (χ0) is 15.3. The third kappa shape index (κ3) is 5.21. The van der Waals surface area contributed by atoms with Crippen LogP contribution in [0.5, 0.6) is 0 Å². The molecule has 0 saturated heterocycles. The van der Waals surface area contributed by atoms with E-state index in [4.69, 9.17) is 0 Å². The van der Waals surface area contributed by atoms with Crippen LogP contribution in [0.2, 0.25) is 0 Å². The summed E-state index contributed by atoms with van der Waals surface area (Å²) in [6, 6.07) is 5.04. The molecule has 0 aliphatic heterocycles. The van der Waals surface area contributed by atoms with Gasteiger partial charge in [-0.15, -0.1) is 0 Å². The second-order valence-electron chi connectivity index (χ2n) is 5.07. The predicted octanol–water partition coefficient (Wildman–Crippen LogP) is 2.28. The van der Waals surface area contributed by atoms with Gasteiger partial charge in [0.2, 0.25) is 10.0 Å². The summed E-state index contributed by atoms with van der Waals surface area (Å²) in [6.45, 7) is 5.80. The van der Waals surface area contributed by atoms with E-state index in [1.54, 1.807) is 25.1 Å². The van der Waals surface area contributed by atoms with Crippen LogP contribution in [0.15, 0.2) is 18.2 Å². The van der Waals surface area contributed by atoms with Crippen LogP contribution in [-0.4, -0.2) is 26.6 Å². The van der Waals surface area contributed by atoms with Gasteiger partial charge >= 0.3 is 0 Å². The van der Waals surface area contributed by atoms with E-state index in [1.165, 1.54) is 0 Å². The number of hydrogen-bond donors (Lipinski definition) is 2. The van der Waals surface area contributed by atoms with E-state index >= 15 is 0 Å². The molecule has 1 amide bonds. The first-order valence-corrected chi connectivity index (χ1v) is 8.51. The quantitative estimate of drug-likeness (QED) is 0.846. The first-order valence-electron chi connectivity index (χ1n) is 6.62. The normalized spacial score (nSPS) is 12.8. The summed E-state index contributed by atoms with van der Waals surface area (Å²) in [6.07, 6.45) is 3.04. The van der Waals surface area contributed by atoms with Crippen molar-refractivity contribution in [1.82, 2.24) is 5.32 Å². The van der Waals surface area contributed by atoms with Gasteiger partial charge in [-0.25, -0.2) is 8.42 Å². The molecule has 0 bridgehead atoms. The summed E-state index contributed by atoms with van der Waals surface area (Å²) in [5.41, 5.74) is 1.74. The van der Waals surface area contributed by atoms with Gasteiger partial charge in [-0.05, 0) is 44.0 Å². The number of anilines is 1. The molecule has 1 aromatic rings. The fourth-order valence-corrected chi connectivity index (χ4v) is 2.56. The summed E-state index contributed by atoms with van der Waals surface area (Å²) < 4.78 is 24.8. The van der Waals surface area contributed by atoms with Gasteiger partial charge in [-0.1, -0.05) is 13.3 Å². The van der Waals surface area contributed by atoms with Crippen LogP contribution < -0.4 is 10.0 Å². The molecule has 1 atom stereocenters. The zero-order valence-electron chi connectivity index (χ0n) is 12.4. The monoisotopic (exact) mass is 298 g/mol. The number of aryl methyl sites for hydroxylation is 1. The molecular weight excluding hydrogens is 276 g/mol. The van der Waals surface area contributed by atoms with Crippen LogP contribution in [0.3, 0.4) is 0 Å². The van der Waals surface area contributed by atoms with E-state index in [-0.39, 0.29) is 11.9 Å². The minimum Gasteiger partial charge on any atom is -0.350 e. The van der Waals surface area contributed by atoms with E-state index in [9.17, 15) is 13.2 Å². The van der Waals surface area contributed by atoms with Crippen LogP contribution in [-0.2, 0) is 10.0 Å². The van der Waals surface area contributed by atoms with Crippen LogP contribution in [0.1, 0.15) is 42.6 Å². The van der Waals surface area contributed by atoms with E-state index in [0.717, 1.165) is 19.1 Å². The number of benzene rings is 1. The molecule has 0 fully saturated rings. The number of hydrogen-bond acceptors (Lipinski definition) is 3. The molecule has 0 aromatic heterocycles. The van der Waals surface area contributed by atoms with Gasteiger partial charge in [0, 0.05) is 11.6 Å². The zero-order valence-corrected chi connectivity index (χ0v) is 13.2. The SMILES string of the molecule is CCCC(C)NC(=O)c1ccc(NS(C)(=O)=O)c(C)c1. The van der Waals surface area contributed by atoms with E-state index in [0.29, 0.717) is 16.8 Å². The average molecular weight is 298 g/mol. The second-order valence-corrected chi connectivity index (χ2v) is 6.82. The molecule has 0 spiro atoms. The maximum atomic E-state index is 12.0. The molecule has 1 unspecified atom stereocenters. The minimum atomic E-state index is -3.31. The van der Waals surface area contributed by atoms with Crippen molar-refractivity contribution in [2.45, 2.75) is 39.7 Å². The number of carbonyl (C=O) groups is 1. The van der Waals surface area contributed by atoms with Gasteiger partial charge in [-0.3, -0.25) is 9.52 Å². The van der Waals surface area contributed by atoms with Crippen LogP contribution in [0.4, 0.5) is 5.69 Å². The summed E-state index contributed by atoms with van der Waals surface area (Å²) in [5.74, 6) is -0.139. The van der Waals surface area contributed by atoms with Crippen molar-refractivity contribution in [3.05, 3.63) is 29.3 Å². The smallest absolute Gasteiger partial charge is 0.251 e. The molecule has 112 valence electrons. The molecule has 0 saturated carbocycles. The number of amides is 1. The van der Waals surface area contributed by atoms with Crippen LogP contribution in [0.25, 0.3) is 0 Å². The van der Waals surface area contributed by atoms with Gasteiger partial charge in [0.1, 0.15) is 0 Å². The summed E-state index contributed by atoms with van der Waals surface area (Å²) in [7, 11) is -3.31. The Morgan fingerprint density at radius 1 is 1.35 bits per heavy atom. The van der Waals surface area contributed by atoms with Gasteiger partial charge in [0.15, 0.2) is 0 Å². The summed E-state index contributed by atoms with van der Waals surface area (Å²) in [5, 5.41) is 2.91. The maximum absolute atomic E-state index is 12.0. The average Bonchev–Trinajstić information content (AvgIpc) is 2.30. The van der Waals surface area contributed by atoms with Crippen molar-refractivity contribution in [2.75, 3.05) is 11.0 Å². The molecule has 2 N–H and O–H groups in total. The molecule has 1 aromatic carbocycles. The largest absolute Gasteiger partial charge is 0.350 e. The Morgan fingerprint density at radius 3 is 2.50 bits per heavy atom. The van der Waals surface area contributed by atoms with Crippen molar-refractivity contribution in [2.24, 2.45) is 0 Å². The van der Waals surface area contributed by atoms with E-state index in [1.807, 2.05) is 6.92 Å². The maximum Gasteiger partial charge on any atom is 0.251 e. The van der Waals surface area contributed by atoms with Crippen molar-refractivity contribution in [1.29, 1.82) is 0 Å². The topological polar surface area (TPSA) is 75.3 Å². The summed E-state index contributed by atoms with van der Waals surface area (Å²) >= 11 is 0. The Morgan fingerprint density at radius 2 is 2.00 bits per heavy atom. The third-order valence-corrected chi connectivity index (χ3v) is 3.47. The minimum absolute atomic E-state index is 0.127. The molecule has 20 heavy (non-hydrogen) atoms. The molecule has 0 radical (unpaired) electrons. The van der Waals surface area contributed by atoms with Gasteiger partial charge < -0.3 is 5.32 Å². The standard InChI is InChI=1S/C14H22N2O3S/c1-5-6-11(3)15-14(17)12-7-8-13(10(2)9-12)16-20(4,18)19/h7-9,11,16H,5-6H2,1-4H3,(H,15,17). The lowest BCUT2D eigenvalue weighted by Gasteiger charge is -2.14. The molecule has 1 rings (SSSR count). The fraction of sp³-hybridized carbons (Fsp3) is 0.500. The lowest BCUT2D eigenvalue weighted by atomic mass is 10.1. The van der Waals surface area contributed by atoms with E-state index in [2.05, 4.69) is 17.0 Å². The predicted molar refractivity (Wildman–Crippen MR) is 81.5 cm³/mol. The van der Waals surface area contributed by atoms with Crippen molar-refractivity contribution in [3.63, 3.8) is 0 Å². The van der Waals surface area contributed by atoms with Gasteiger partial charge in [0.25, 0.3) is 5.91 Å². The number of carbonyl (C=O) groups excluding carboxylic acids is 1. The second kappa shape index (κ2) is 6.74. The highest BCUT2D eigenvalue weighted by Crippen LogP contribution is 2.17. The van der Waals surface area contributed by atoms with Crippen molar-refractivity contribution in [3.8, 4) is 0 Å². The third-order valence-electron chi connectivity index (χ3n) is 2.88. The van der Waals surface area contributed by atoms with Crippen LogP contribution >= 0.6 is 0 Å². The Hall–Kier alpha value is -1.56. The number of sulfonamides is 1. The van der Waals surface area contributed by atoms with E-state index < -0.39 is 10.0 Å². The lowest BCUT2D eigenvalue weighted by Crippen LogP contribution is -2.32. The molecule has 0 aliphatic rings. The molecule has 5 nitrogen and oxygen atoms in total. The van der Waals surface area contributed by atoms with Gasteiger partial charge in [0.05, 0.1) is 11.9 Å². The Balaban J connectivity index is 2.84. The van der Waals surface area contributed by atoms with Crippen molar-refractivity contribution >= 4 is 21.6 Å². The molecular formula is C14H22N2O3S. The molecule has 0 heterocycles. The first-order chi connectivity index (χ1) is 9.23. The highest BCUT2D eigenvalue weighted by atomic mass is 32.2. The number of rotatable bonds is 6. The Labute approximate surface area is 120 Å². The van der Waals surface area contributed by atoms with Gasteiger partial charge in [-0.2, -0.15) is 0 Å². The van der Waals surface area contributed by atoms with Crippen LogP contribution in [0, 0.1) is 6.92 Å². The Bertz CT molecular complexity index is 582. The highest BCUT2D eigenvalue weighted by molar-refractivity contribution is 7.92. The first kappa shape index (κ1) is 16.5. The lowest BCUT2D eigenvalue weighted by molar-refractivity contribution is 0.0938. The highest BCUT2D eigenvalue weighted by Gasteiger charge is 2.11. The van der Waals surface area contributed by atoms with Crippen molar-refractivity contribution < 1.29 is 13.2 Å². The fourth-order valence-electron chi connectivity index (χ4n) is 1.93. The molecule has 6 heteroatoms.